The minimum atomic E-state index is -0.159. The van der Waals surface area contributed by atoms with E-state index < -0.39 is 0 Å². The standard InChI is InChI=1S/C17H25FN4O.HI/c1-3-10-20-15(23)11-21-16(19-2)22-12-17(8-9-17)13-6-4-5-7-14(13)18;/h4-7H,3,8-12H2,1-2H3,(H,20,23)(H2,19,21,22);1H. The third-order valence-electron chi connectivity index (χ3n) is 4.11. The zero-order valence-corrected chi connectivity index (χ0v) is 16.5. The molecular formula is C17H26FIN4O. The summed E-state index contributed by atoms with van der Waals surface area (Å²) in [5.74, 6) is 0.331. The highest BCUT2D eigenvalue weighted by Gasteiger charge is 2.45. The fraction of sp³-hybridized carbons (Fsp3) is 0.529. The zero-order valence-electron chi connectivity index (χ0n) is 14.2. The van der Waals surface area contributed by atoms with Crippen LogP contribution in [0.3, 0.4) is 0 Å². The van der Waals surface area contributed by atoms with Gasteiger partial charge in [-0.3, -0.25) is 9.79 Å². The maximum absolute atomic E-state index is 14.0. The van der Waals surface area contributed by atoms with E-state index in [1.165, 1.54) is 6.07 Å². The van der Waals surface area contributed by atoms with Gasteiger partial charge in [-0.25, -0.2) is 4.39 Å². The van der Waals surface area contributed by atoms with Crippen molar-refractivity contribution in [3.63, 3.8) is 0 Å². The Morgan fingerprint density at radius 2 is 1.96 bits per heavy atom. The molecule has 0 aromatic heterocycles. The lowest BCUT2D eigenvalue weighted by Crippen LogP contribution is -2.45. The number of amides is 1. The molecule has 0 bridgehead atoms. The molecule has 0 saturated heterocycles. The van der Waals surface area contributed by atoms with Crippen LogP contribution in [0, 0.1) is 5.82 Å². The first-order chi connectivity index (χ1) is 11.1. The van der Waals surface area contributed by atoms with E-state index in [0.29, 0.717) is 19.0 Å². The van der Waals surface area contributed by atoms with Gasteiger partial charge in [-0.15, -0.1) is 24.0 Å². The second-order valence-electron chi connectivity index (χ2n) is 5.89. The third kappa shape index (κ3) is 5.61. The summed E-state index contributed by atoms with van der Waals surface area (Å²) in [5, 5.41) is 8.98. The van der Waals surface area contributed by atoms with Gasteiger partial charge in [0.2, 0.25) is 5.91 Å². The first-order valence-corrected chi connectivity index (χ1v) is 8.07. The molecule has 0 unspecified atom stereocenters. The fourth-order valence-corrected chi connectivity index (χ4v) is 2.55. The average molecular weight is 448 g/mol. The molecule has 1 amide bonds. The smallest absolute Gasteiger partial charge is 0.239 e. The number of rotatable bonds is 7. The van der Waals surface area contributed by atoms with E-state index in [4.69, 9.17) is 0 Å². The molecule has 1 aliphatic rings. The largest absolute Gasteiger partial charge is 0.356 e. The maximum Gasteiger partial charge on any atom is 0.239 e. The number of carbonyl (C=O) groups excluding carboxylic acids is 1. The molecule has 5 nitrogen and oxygen atoms in total. The molecule has 1 saturated carbocycles. The van der Waals surface area contributed by atoms with Crippen LogP contribution in [0.2, 0.25) is 0 Å². The van der Waals surface area contributed by atoms with Crippen LogP contribution in [0.4, 0.5) is 4.39 Å². The normalized spacial score (nSPS) is 15.2. The van der Waals surface area contributed by atoms with Gasteiger partial charge in [-0.1, -0.05) is 25.1 Å². The predicted molar refractivity (Wildman–Crippen MR) is 105 cm³/mol. The molecule has 0 radical (unpaired) electrons. The predicted octanol–water partition coefficient (Wildman–Crippen LogP) is 2.17. The quantitative estimate of drug-likeness (QED) is 0.341. The maximum atomic E-state index is 14.0. The summed E-state index contributed by atoms with van der Waals surface area (Å²) in [6, 6.07) is 6.92. The van der Waals surface area contributed by atoms with Gasteiger partial charge in [-0.05, 0) is 30.9 Å². The van der Waals surface area contributed by atoms with Crippen molar-refractivity contribution in [1.82, 2.24) is 16.0 Å². The molecule has 134 valence electrons. The van der Waals surface area contributed by atoms with Gasteiger partial charge in [0, 0.05) is 25.6 Å². The number of guanidine groups is 1. The second kappa shape index (κ2) is 9.80. The van der Waals surface area contributed by atoms with Gasteiger partial charge in [-0.2, -0.15) is 0 Å². The molecular weight excluding hydrogens is 422 g/mol. The first-order valence-electron chi connectivity index (χ1n) is 8.07. The Bertz CT molecular complexity index is 575. The van der Waals surface area contributed by atoms with Crippen LogP contribution < -0.4 is 16.0 Å². The highest BCUT2D eigenvalue weighted by atomic mass is 127. The van der Waals surface area contributed by atoms with Crippen molar-refractivity contribution < 1.29 is 9.18 Å². The minimum absolute atomic E-state index is 0. The van der Waals surface area contributed by atoms with Gasteiger partial charge < -0.3 is 16.0 Å². The Kier molecular flexibility index (Phi) is 8.44. The molecule has 2 rings (SSSR count). The molecule has 0 heterocycles. The van der Waals surface area contributed by atoms with E-state index in [-0.39, 0.29) is 47.7 Å². The van der Waals surface area contributed by atoms with Gasteiger partial charge in [0.1, 0.15) is 5.82 Å². The molecule has 1 aromatic rings. The van der Waals surface area contributed by atoms with Gasteiger partial charge >= 0.3 is 0 Å². The highest BCUT2D eigenvalue weighted by Crippen LogP contribution is 2.48. The number of halogens is 2. The van der Waals surface area contributed by atoms with Crippen LogP contribution in [0.5, 0.6) is 0 Å². The van der Waals surface area contributed by atoms with E-state index >= 15 is 0 Å². The first kappa shape index (κ1) is 20.7. The molecule has 0 spiro atoms. The van der Waals surface area contributed by atoms with Crippen molar-refractivity contribution >= 4 is 35.8 Å². The zero-order chi connectivity index (χ0) is 16.7. The lowest BCUT2D eigenvalue weighted by Gasteiger charge is -2.19. The molecule has 0 aliphatic heterocycles. The van der Waals surface area contributed by atoms with Crippen molar-refractivity contribution in [2.45, 2.75) is 31.6 Å². The van der Waals surface area contributed by atoms with Crippen molar-refractivity contribution in [2.75, 3.05) is 26.7 Å². The number of nitrogens with zero attached hydrogens (tertiary/aromatic N) is 1. The average Bonchev–Trinajstić information content (AvgIpc) is 3.34. The van der Waals surface area contributed by atoms with Gasteiger partial charge in [0.05, 0.1) is 6.54 Å². The van der Waals surface area contributed by atoms with Crippen LogP contribution in [0.25, 0.3) is 0 Å². The van der Waals surface area contributed by atoms with Gasteiger partial charge in [0.25, 0.3) is 0 Å². The van der Waals surface area contributed by atoms with Crippen LogP contribution >= 0.6 is 24.0 Å². The van der Waals surface area contributed by atoms with Gasteiger partial charge in [0.15, 0.2) is 5.96 Å². The third-order valence-corrected chi connectivity index (χ3v) is 4.11. The Hall–Kier alpha value is -1.38. The summed E-state index contributed by atoms with van der Waals surface area (Å²) in [6.45, 7) is 3.45. The topological polar surface area (TPSA) is 65.5 Å². The van der Waals surface area contributed by atoms with Crippen LogP contribution in [-0.2, 0) is 10.2 Å². The van der Waals surface area contributed by atoms with Crippen molar-refractivity contribution in [2.24, 2.45) is 4.99 Å². The summed E-state index contributed by atoms with van der Waals surface area (Å²) in [7, 11) is 1.65. The summed E-state index contributed by atoms with van der Waals surface area (Å²) >= 11 is 0. The molecule has 0 atom stereocenters. The van der Waals surface area contributed by atoms with Crippen LogP contribution in [-0.4, -0.2) is 38.5 Å². The van der Waals surface area contributed by atoms with E-state index in [1.807, 2.05) is 19.1 Å². The number of benzene rings is 1. The summed E-state index contributed by atoms with van der Waals surface area (Å²) in [6.07, 6.45) is 2.81. The number of hydrogen-bond acceptors (Lipinski definition) is 2. The fourth-order valence-electron chi connectivity index (χ4n) is 2.55. The Balaban J connectivity index is 0.00000288. The summed E-state index contributed by atoms with van der Waals surface area (Å²) in [5.41, 5.74) is 0.594. The lowest BCUT2D eigenvalue weighted by atomic mass is 9.95. The van der Waals surface area contributed by atoms with Crippen molar-refractivity contribution in [3.05, 3.63) is 35.6 Å². The second-order valence-corrected chi connectivity index (χ2v) is 5.89. The van der Waals surface area contributed by atoms with Crippen LogP contribution in [0.15, 0.2) is 29.3 Å². The minimum Gasteiger partial charge on any atom is -0.356 e. The van der Waals surface area contributed by atoms with E-state index in [2.05, 4.69) is 20.9 Å². The monoisotopic (exact) mass is 448 g/mol. The number of carbonyl (C=O) groups is 1. The molecule has 1 aromatic carbocycles. The van der Waals surface area contributed by atoms with E-state index in [0.717, 1.165) is 24.8 Å². The lowest BCUT2D eigenvalue weighted by molar-refractivity contribution is -0.120. The number of aliphatic imine (C=N–C) groups is 1. The molecule has 24 heavy (non-hydrogen) atoms. The number of hydrogen-bond donors (Lipinski definition) is 3. The summed E-state index contributed by atoms with van der Waals surface area (Å²) < 4.78 is 14.0. The highest BCUT2D eigenvalue weighted by molar-refractivity contribution is 14.0. The Morgan fingerprint density at radius 1 is 1.25 bits per heavy atom. The van der Waals surface area contributed by atoms with E-state index in [9.17, 15) is 9.18 Å². The van der Waals surface area contributed by atoms with Crippen molar-refractivity contribution in [1.29, 1.82) is 0 Å². The molecule has 1 aliphatic carbocycles. The SMILES string of the molecule is CCCNC(=O)CNC(=NC)NCC1(c2ccccc2F)CC1.I. The van der Waals surface area contributed by atoms with E-state index in [1.54, 1.807) is 13.1 Å². The van der Waals surface area contributed by atoms with Crippen LogP contribution in [0.1, 0.15) is 31.7 Å². The molecule has 7 heteroatoms. The molecule has 1 fully saturated rings. The number of nitrogens with one attached hydrogen (secondary N) is 3. The molecule has 3 N–H and O–H groups in total. The Morgan fingerprint density at radius 3 is 2.54 bits per heavy atom. The summed E-state index contributed by atoms with van der Waals surface area (Å²) in [4.78, 5) is 15.7. The Labute approximate surface area is 159 Å². The van der Waals surface area contributed by atoms with Crippen molar-refractivity contribution in [3.8, 4) is 0 Å².